The second-order valence-corrected chi connectivity index (χ2v) is 1.96. The molecule has 0 bridgehead atoms. The summed E-state index contributed by atoms with van der Waals surface area (Å²) in [5.41, 5.74) is 0. The Labute approximate surface area is 50.5 Å². The van der Waals surface area contributed by atoms with Crippen LogP contribution in [-0.2, 0) is 0 Å². The van der Waals surface area contributed by atoms with Crippen molar-refractivity contribution in [1.82, 2.24) is 0 Å². The molecule has 38 valence electrons. The van der Waals surface area contributed by atoms with Crippen molar-refractivity contribution in [2.24, 2.45) is 9.98 Å². The molecule has 2 nitrogen and oxygen atoms in total. The molecule has 0 fully saturated rings. The number of rotatable bonds is 0. The van der Waals surface area contributed by atoms with Crippen LogP contribution in [0.3, 0.4) is 0 Å². The van der Waals surface area contributed by atoms with Crippen LogP contribution in [0, 0.1) is 0 Å². The number of hydrogen-bond donors (Lipinski definition) is 0. The lowest BCUT2D eigenvalue weighted by atomic mass is 10.4. The Morgan fingerprint density at radius 1 is 1.71 bits per heavy atom. The van der Waals surface area contributed by atoms with Gasteiger partial charge in [-0.25, -0.2) is 4.99 Å². The van der Waals surface area contributed by atoms with E-state index < -0.39 is 0 Å². The van der Waals surface area contributed by atoms with E-state index in [1.165, 1.54) is 0 Å². The van der Waals surface area contributed by atoms with Crippen molar-refractivity contribution in [2.75, 3.05) is 6.54 Å². The molecule has 0 saturated carbocycles. The average molecular weight is 161 g/mol. The van der Waals surface area contributed by atoms with Crippen LogP contribution in [0.2, 0.25) is 0 Å². The van der Waals surface area contributed by atoms with Gasteiger partial charge in [-0.05, 0) is 15.9 Å². The van der Waals surface area contributed by atoms with E-state index in [0.29, 0.717) is 0 Å². The second kappa shape index (κ2) is 2.21. The lowest BCUT2D eigenvalue weighted by molar-refractivity contribution is 1.04. The van der Waals surface area contributed by atoms with Crippen LogP contribution in [-0.4, -0.2) is 17.5 Å². The molecule has 0 aliphatic carbocycles. The zero-order valence-corrected chi connectivity index (χ0v) is 5.35. The first-order valence-electron chi connectivity index (χ1n) is 2.12. The summed E-state index contributed by atoms with van der Waals surface area (Å²) in [6.45, 7) is 0.879. The quantitative estimate of drug-likeness (QED) is 0.477. The van der Waals surface area contributed by atoms with Crippen molar-refractivity contribution in [2.45, 2.75) is 6.42 Å². The standard InChI is InChI=1S/C4H5BrN2/c5-4-6-2-1-3-7-4/h2H,1,3H2. The lowest BCUT2D eigenvalue weighted by Gasteiger charge is -1.94. The molecule has 3 heteroatoms. The van der Waals surface area contributed by atoms with Crippen LogP contribution in [0.5, 0.6) is 0 Å². The summed E-state index contributed by atoms with van der Waals surface area (Å²) >= 11 is 3.14. The van der Waals surface area contributed by atoms with Crippen molar-refractivity contribution < 1.29 is 0 Å². The van der Waals surface area contributed by atoms with Crippen LogP contribution >= 0.6 is 15.9 Å². The fourth-order valence-corrected chi connectivity index (χ4v) is 0.717. The van der Waals surface area contributed by atoms with E-state index in [-0.39, 0.29) is 0 Å². The highest BCUT2D eigenvalue weighted by atomic mass is 79.9. The SMILES string of the molecule is BrC1=NCCC=N1. The Balaban J connectivity index is 2.58. The summed E-state index contributed by atoms with van der Waals surface area (Å²) in [4.78, 5) is 7.84. The van der Waals surface area contributed by atoms with Crippen molar-refractivity contribution in [1.29, 1.82) is 0 Å². The van der Waals surface area contributed by atoms with Crippen LogP contribution in [0.15, 0.2) is 9.98 Å². The summed E-state index contributed by atoms with van der Waals surface area (Å²) in [5.74, 6) is 0. The molecule has 0 aromatic heterocycles. The normalized spacial score (nSPS) is 19.3. The number of nitrogens with zero attached hydrogens (tertiary/aromatic N) is 2. The fourth-order valence-electron chi connectivity index (χ4n) is 0.395. The topological polar surface area (TPSA) is 24.7 Å². The molecule has 0 radical (unpaired) electrons. The number of halogens is 1. The average Bonchev–Trinajstić information content (AvgIpc) is 1.69. The Hall–Kier alpha value is -0.180. The largest absolute Gasteiger partial charge is 0.260 e. The van der Waals surface area contributed by atoms with Crippen LogP contribution in [0.25, 0.3) is 0 Å². The van der Waals surface area contributed by atoms with Gasteiger partial charge in [0.25, 0.3) is 0 Å². The van der Waals surface area contributed by atoms with E-state index in [0.717, 1.165) is 17.7 Å². The maximum Gasteiger partial charge on any atom is 0.191 e. The molecule has 0 spiro atoms. The van der Waals surface area contributed by atoms with Crippen LogP contribution < -0.4 is 0 Å². The van der Waals surface area contributed by atoms with E-state index >= 15 is 0 Å². The molecule has 7 heavy (non-hydrogen) atoms. The summed E-state index contributed by atoms with van der Waals surface area (Å²) in [6.07, 6.45) is 2.84. The first kappa shape index (κ1) is 4.97. The maximum absolute atomic E-state index is 3.97. The van der Waals surface area contributed by atoms with Gasteiger partial charge < -0.3 is 0 Å². The van der Waals surface area contributed by atoms with E-state index in [2.05, 4.69) is 25.9 Å². The van der Waals surface area contributed by atoms with Gasteiger partial charge >= 0.3 is 0 Å². The minimum atomic E-state index is 0.721. The Kier molecular flexibility index (Phi) is 1.57. The first-order valence-corrected chi connectivity index (χ1v) is 2.91. The van der Waals surface area contributed by atoms with Crippen LogP contribution in [0.1, 0.15) is 6.42 Å². The van der Waals surface area contributed by atoms with Crippen molar-refractivity contribution in [3.8, 4) is 0 Å². The molecule has 0 aromatic rings. The Bertz CT molecular complexity index is 117. The third kappa shape index (κ3) is 1.39. The molecule has 1 aliphatic rings. The third-order valence-corrected chi connectivity index (χ3v) is 1.15. The molecule has 0 unspecified atom stereocenters. The highest BCUT2D eigenvalue weighted by Crippen LogP contribution is 1.96. The van der Waals surface area contributed by atoms with Gasteiger partial charge in [0.1, 0.15) is 0 Å². The molecular weight excluding hydrogens is 156 g/mol. The van der Waals surface area contributed by atoms with Gasteiger partial charge in [-0.2, -0.15) is 0 Å². The van der Waals surface area contributed by atoms with Gasteiger partial charge in [0, 0.05) is 19.2 Å². The predicted octanol–water partition coefficient (Wildman–Crippen LogP) is 1.21. The molecule has 0 aromatic carbocycles. The summed E-state index contributed by atoms with van der Waals surface area (Å²) in [6, 6.07) is 0. The molecule has 0 N–H and O–H groups in total. The second-order valence-electron chi connectivity index (χ2n) is 1.25. The van der Waals surface area contributed by atoms with E-state index in [9.17, 15) is 0 Å². The van der Waals surface area contributed by atoms with Gasteiger partial charge in [0.05, 0.1) is 0 Å². The van der Waals surface area contributed by atoms with E-state index in [4.69, 9.17) is 0 Å². The number of aliphatic imine (C=N–C) groups is 2. The fraction of sp³-hybridized carbons (Fsp3) is 0.500. The maximum atomic E-state index is 3.97. The van der Waals surface area contributed by atoms with Gasteiger partial charge in [0.15, 0.2) is 4.74 Å². The minimum absolute atomic E-state index is 0.721. The Morgan fingerprint density at radius 2 is 2.57 bits per heavy atom. The zero-order valence-electron chi connectivity index (χ0n) is 3.76. The predicted molar refractivity (Wildman–Crippen MR) is 34.3 cm³/mol. The van der Waals surface area contributed by atoms with Gasteiger partial charge in [-0.15, -0.1) is 0 Å². The highest BCUT2D eigenvalue weighted by molar-refractivity contribution is 9.18. The van der Waals surface area contributed by atoms with Crippen molar-refractivity contribution in [3.63, 3.8) is 0 Å². The highest BCUT2D eigenvalue weighted by Gasteiger charge is 1.90. The molecule has 0 amide bonds. The molecule has 0 saturated heterocycles. The molecule has 1 rings (SSSR count). The minimum Gasteiger partial charge on any atom is -0.260 e. The van der Waals surface area contributed by atoms with E-state index in [1.807, 2.05) is 6.21 Å². The molecular formula is C4H5BrN2. The number of amidine groups is 1. The molecule has 1 heterocycles. The summed E-state index contributed by atoms with van der Waals surface area (Å²) in [5, 5.41) is 0. The smallest absolute Gasteiger partial charge is 0.191 e. The van der Waals surface area contributed by atoms with Crippen molar-refractivity contribution in [3.05, 3.63) is 0 Å². The zero-order chi connectivity index (χ0) is 5.11. The summed E-state index contributed by atoms with van der Waals surface area (Å²) < 4.78 is 0.721. The van der Waals surface area contributed by atoms with Crippen LogP contribution in [0.4, 0.5) is 0 Å². The lowest BCUT2D eigenvalue weighted by Crippen LogP contribution is -1.94. The summed E-state index contributed by atoms with van der Waals surface area (Å²) in [7, 11) is 0. The third-order valence-electron chi connectivity index (χ3n) is 0.698. The molecule has 1 aliphatic heterocycles. The van der Waals surface area contributed by atoms with Gasteiger partial charge in [0.2, 0.25) is 0 Å². The molecule has 0 atom stereocenters. The van der Waals surface area contributed by atoms with Crippen molar-refractivity contribution >= 4 is 26.9 Å². The monoisotopic (exact) mass is 160 g/mol. The number of hydrogen-bond acceptors (Lipinski definition) is 2. The Morgan fingerprint density at radius 3 is 2.86 bits per heavy atom. The van der Waals surface area contributed by atoms with Gasteiger partial charge in [-0.1, -0.05) is 0 Å². The first-order chi connectivity index (χ1) is 3.39. The van der Waals surface area contributed by atoms with E-state index in [1.54, 1.807) is 0 Å². The van der Waals surface area contributed by atoms with Gasteiger partial charge in [-0.3, -0.25) is 4.99 Å².